The maximum absolute atomic E-state index is 13.7. The summed E-state index contributed by atoms with van der Waals surface area (Å²) in [5.41, 5.74) is 2.68. The molecule has 31 heavy (non-hydrogen) atoms. The van der Waals surface area contributed by atoms with Crippen LogP contribution in [0.1, 0.15) is 27.0 Å². The average molecular weight is 408 g/mol. The van der Waals surface area contributed by atoms with Crippen molar-refractivity contribution in [3.63, 3.8) is 0 Å². The second kappa shape index (κ2) is 7.36. The Balaban J connectivity index is 1.61. The van der Waals surface area contributed by atoms with E-state index in [9.17, 15) is 9.59 Å². The Morgan fingerprint density at radius 3 is 2.45 bits per heavy atom. The molecule has 0 radical (unpaired) electrons. The van der Waals surface area contributed by atoms with Crippen LogP contribution in [-0.2, 0) is 15.2 Å². The van der Waals surface area contributed by atoms with Gasteiger partial charge in [-0.3, -0.25) is 9.59 Å². The van der Waals surface area contributed by atoms with Gasteiger partial charge in [0.1, 0.15) is 5.92 Å². The molecule has 3 aromatic rings. The van der Waals surface area contributed by atoms with E-state index in [0.29, 0.717) is 22.5 Å². The van der Waals surface area contributed by atoms with Gasteiger partial charge in [-0.1, -0.05) is 89.6 Å². The highest BCUT2D eigenvalue weighted by molar-refractivity contribution is 6.23. The number of ketones is 1. The first-order valence-electron chi connectivity index (χ1n) is 10.1. The third-order valence-electron chi connectivity index (χ3n) is 5.75. The first kappa shape index (κ1) is 19.0. The molecule has 2 heterocycles. The van der Waals surface area contributed by atoms with Crippen molar-refractivity contribution in [2.24, 2.45) is 11.1 Å². The zero-order chi connectivity index (χ0) is 21.4. The molecule has 2 atom stereocenters. The van der Waals surface area contributed by atoms with E-state index in [0.717, 1.165) is 11.1 Å². The molecule has 0 aromatic heterocycles. The second-order valence-electron chi connectivity index (χ2n) is 7.75. The Morgan fingerprint density at radius 2 is 1.68 bits per heavy atom. The standard InChI is InChI=1S/C26H20N2O3/c1-17-11-14-19(15-12-17)24(29)23-22(16-13-18-7-3-2-4-8-18)28-31-26(23)20-9-5-6-10-21(20)27-25(26)30/h2-16,23H,1H3,(H,27,30)/b16-13+/t23-,26-/m1/s1. The summed E-state index contributed by atoms with van der Waals surface area (Å²) in [6.45, 7) is 1.96. The number of oxime groups is 1. The Hall–Kier alpha value is -3.99. The highest BCUT2D eigenvalue weighted by Gasteiger charge is 2.62. The largest absolute Gasteiger partial charge is 0.373 e. The molecule has 0 aliphatic carbocycles. The van der Waals surface area contributed by atoms with Gasteiger partial charge in [0.15, 0.2) is 5.78 Å². The number of carbonyl (C=O) groups is 2. The number of Topliss-reactive ketones (excluding diaryl/α,β-unsaturated/α-hetero) is 1. The number of aryl methyl sites for hydroxylation is 1. The maximum atomic E-state index is 13.7. The van der Waals surface area contributed by atoms with Crippen molar-refractivity contribution in [2.45, 2.75) is 12.5 Å². The van der Waals surface area contributed by atoms with E-state index in [1.807, 2.05) is 73.7 Å². The minimum Gasteiger partial charge on any atom is -0.373 e. The fraction of sp³-hybridized carbons (Fsp3) is 0.115. The first-order valence-corrected chi connectivity index (χ1v) is 10.1. The van der Waals surface area contributed by atoms with Gasteiger partial charge in [0.2, 0.25) is 0 Å². The molecule has 1 spiro atoms. The molecule has 0 bridgehead atoms. The number of carbonyl (C=O) groups excluding carboxylic acids is 2. The summed E-state index contributed by atoms with van der Waals surface area (Å²) in [7, 11) is 0. The van der Waals surface area contributed by atoms with Gasteiger partial charge in [-0.15, -0.1) is 0 Å². The lowest BCUT2D eigenvalue weighted by Gasteiger charge is -2.26. The van der Waals surface area contributed by atoms with E-state index >= 15 is 0 Å². The topological polar surface area (TPSA) is 67.8 Å². The van der Waals surface area contributed by atoms with E-state index in [-0.39, 0.29) is 11.7 Å². The van der Waals surface area contributed by atoms with Crippen LogP contribution in [0.5, 0.6) is 0 Å². The monoisotopic (exact) mass is 408 g/mol. The third-order valence-corrected chi connectivity index (χ3v) is 5.75. The summed E-state index contributed by atoms with van der Waals surface area (Å²) >= 11 is 0. The van der Waals surface area contributed by atoms with Crippen molar-refractivity contribution in [2.75, 3.05) is 5.32 Å². The van der Waals surface area contributed by atoms with Crippen LogP contribution in [0.2, 0.25) is 0 Å². The lowest BCUT2D eigenvalue weighted by molar-refractivity contribution is -0.140. The Labute approximate surface area is 180 Å². The molecule has 0 saturated carbocycles. The van der Waals surface area contributed by atoms with Gasteiger partial charge in [0.05, 0.1) is 5.71 Å². The fourth-order valence-electron chi connectivity index (χ4n) is 4.14. The molecule has 5 nitrogen and oxygen atoms in total. The number of rotatable bonds is 4. The van der Waals surface area contributed by atoms with E-state index in [1.165, 1.54) is 0 Å². The predicted octanol–water partition coefficient (Wildman–Crippen LogP) is 4.74. The van der Waals surface area contributed by atoms with E-state index in [1.54, 1.807) is 24.3 Å². The summed E-state index contributed by atoms with van der Waals surface area (Å²) in [4.78, 5) is 32.7. The number of hydrogen-bond donors (Lipinski definition) is 1. The number of anilines is 1. The van der Waals surface area contributed by atoms with Crippen molar-refractivity contribution in [3.05, 3.63) is 107 Å². The minimum atomic E-state index is -1.52. The van der Waals surface area contributed by atoms with Crippen LogP contribution < -0.4 is 5.32 Å². The first-order chi connectivity index (χ1) is 15.1. The average Bonchev–Trinajstić information content (AvgIpc) is 3.32. The molecule has 5 rings (SSSR count). The van der Waals surface area contributed by atoms with Crippen LogP contribution in [-0.4, -0.2) is 17.4 Å². The highest BCUT2D eigenvalue weighted by Crippen LogP contribution is 2.49. The Morgan fingerprint density at radius 1 is 0.968 bits per heavy atom. The molecule has 0 fully saturated rings. The van der Waals surface area contributed by atoms with Gasteiger partial charge in [-0.25, -0.2) is 0 Å². The molecule has 5 heteroatoms. The van der Waals surface area contributed by atoms with Crippen LogP contribution in [0.3, 0.4) is 0 Å². The number of nitrogens with one attached hydrogen (secondary N) is 1. The number of para-hydroxylation sites is 1. The molecule has 1 N–H and O–H groups in total. The summed E-state index contributed by atoms with van der Waals surface area (Å²) in [5, 5.41) is 7.09. The summed E-state index contributed by atoms with van der Waals surface area (Å²) in [6, 6.07) is 24.3. The molecule has 0 unspecified atom stereocenters. The normalized spacial score (nSPS) is 21.6. The number of fused-ring (bicyclic) bond motifs is 2. The quantitative estimate of drug-likeness (QED) is 0.634. The molecule has 0 saturated heterocycles. The molecular weight excluding hydrogens is 388 g/mol. The zero-order valence-electron chi connectivity index (χ0n) is 16.9. The highest BCUT2D eigenvalue weighted by atomic mass is 16.7. The lowest BCUT2D eigenvalue weighted by atomic mass is 9.75. The molecule has 2 aliphatic rings. The fourth-order valence-corrected chi connectivity index (χ4v) is 4.14. The van der Waals surface area contributed by atoms with E-state index in [2.05, 4.69) is 10.5 Å². The smallest absolute Gasteiger partial charge is 0.277 e. The lowest BCUT2D eigenvalue weighted by Crippen LogP contribution is -2.46. The second-order valence-corrected chi connectivity index (χ2v) is 7.75. The number of benzene rings is 3. The maximum Gasteiger partial charge on any atom is 0.277 e. The van der Waals surface area contributed by atoms with Gasteiger partial charge < -0.3 is 10.2 Å². The number of nitrogens with zero attached hydrogens (tertiary/aromatic N) is 1. The summed E-state index contributed by atoms with van der Waals surface area (Å²) in [6.07, 6.45) is 3.63. The SMILES string of the molecule is Cc1ccc(C(=O)[C@H]2C(/C=C/c3ccccc3)=NO[C@@]23C(=O)Nc2ccccc23)cc1. The Bertz CT molecular complexity index is 1230. The van der Waals surface area contributed by atoms with Crippen LogP contribution in [0.25, 0.3) is 6.08 Å². The molecule has 1 amide bonds. The van der Waals surface area contributed by atoms with Crippen molar-refractivity contribution in [3.8, 4) is 0 Å². The van der Waals surface area contributed by atoms with E-state index in [4.69, 9.17) is 4.84 Å². The molecule has 2 aliphatic heterocycles. The molecule has 152 valence electrons. The number of amides is 1. The third kappa shape index (κ3) is 3.06. The van der Waals surface area contributed by atoms with Crippen molar-refractivity contribution < 1.29 is 14.4 Å². The zero-order valence-corrected chi connectivity index (χ0v) is 16.9. The van der Waals surface area contributed by atoms with Gasteiger partial charge in [0, 0.05) is 16.8 Å². The van der Waals surface area contributed by atoms with Gasteiger partial charge >= 0.3 is 0 Å². The van der Waals surface area contributed by atoms with Crippen LogP contribution in [0.4, 0.5) is 5.69 Å². The van der Waals surface area contributed by atoms with Crippen molar-refractivity contribution >= 4 is 29.2 Å². The van der Waals surface area contributed by atoms with Crippen molar-refractivity contribution in [1.82, 2.24) is 0 Å². The van der Waals surface area contributed by atoms with Gasteiger partial charge in [0.25, 0.3) is 11.5 Å². The molecule has 3 aromatic carbocycles. The van der Waals surface area contributed by atoms with Crippen LogP contribution in [0, 0.1) is 12.8 Å². The minimum absolute atomic E-state index is 0.208. The van der Waals surface area contributed by atoms with Crippen LogP contribution in [0.15, 0.2) is 90.1 Å². The Kier molecular flexibility index (Phi) is 4.51. The van der Waals surface area contributed by atoms with Crippen LogP contribution >= 0.6 is 0 Å². The number of hydrogen-bond acceptors (Lipinski definition) is 4. The van der Waals surface area contributed by atoms with Gasteiger partial charge in [-0.05, 0) is 24.6 Å². The van der Waals surface area contributed by atoms with Crippen molar-refractivity contribution in [1.29, 1.82) is 0 Å². The number of allylic oxidation sites excluding steroid dienone is 1. The van der Waals surface area contributed by atoms with E-state index < -0.39 is 11.5 Å². The summed E-state index contributed by atoms with van der Waals surface area (Å²) in [5.74, 6) is -1.49. The predicted molar refractivity (Wildman–Crippen MR) is 120 cm³/mol. The summed E-state index contributed by atoms with van der Waals surface area (Å²) < 4.78 is 0. The molecular formula is C26H20N2O3. The van der Waals surface area contributed by atoms with Gasteiger partial charge in [-0.2, -0.15) is 0 Å².